The van der Waals surface area contributed by atoms with Crippen molar-refractivity contribution in [1.29, 1.82) is 0 Å². The summed E-state index contributed by atoms with van der Waals surface area (Å²) in [6.07, 6.45) is 7.43. The molecule has 5 fully saturated rings. The fourth-order valence-electron chi connectivity index (χ4n) is 8.08. The summed E-state index contributed by atoms with van der Waals surface area (Å²) in [4.78, 5) is 12.3. The van der Waals surface area contributed by atoms with Gasteiger partial charge in [-0.1, -0.05) is 13.8 Å². The Morgan fingerprint density at radius 3 is 2.48 bits per heavy atom. The van der Waals surface area contributed by atoms with Crippen molar-refractivity contribution in [3.63, 3.8) is 0 Å². The Kier molecular flexibility index (Phi) is 5.29. The number of aliphatic hydroxyl groups excluding tert-OH is 2. The highest BCUT2D eigenvalue weighted by molar-refractivity contribution is 8.17. The predicted octanol–water partition coefficient (Wildman–Crippen LogP) is 4.22. The van der Waals surface area contributed by atoms with Crippen molar-refractivity contribution in [2.75, 3.05) is 11.5 Å². The predicted molar refractivity (Wildman–Crippen MR) is 118 cm³/mol. The molecule has 1 spiro atoms. The van der Waals surface area contributed by atoms with E-state index in [1.165, 1.54) is 17.9 Å². The molecule has 5 rings (SSSR count). The number of carbonyl (C=O) groups is 1. The third-order valence-corrected chi connectivity index (χ3v) is 12.6. The van der Waals surface area contributed by atoms with Crippen molar-refractivity contribution in [3.05, 3.63) is 0 Å². The molecule has 0 aromatic carbocycles. The van der Waals surface area contributed by atoms with Gasteiger partial charge in [-0.3, -0.25) is 4.79 Å². The molecular weight excluding hydrogens is 404 g/mol. The van der Waals surface area contributed by atoms with Gasteiger partial charge in [-0.2, -0.15) is 0 Å². The van der Waals surface area contributed by atoms with E-state index >= 15 is 0 Å². The van der Waals surface area contributed by atoms with Crippen molar-refractivity contribution in [3.8, 4) is 0 Å². The van der Waals surface area contributed by atoms with Gasteiger partial charge in [-0.25, -0.2) is 0 Å². The summed E-state index contributed by atoms with van der Waals surface area (Å²) in [6.45, 7) is 4.62. The van der Waals surface area contributed by atoms with Crippen LogP contribution >= 0.6 is 23.5 Å². The smallest absolute Gasteiger partial charge is 0.306 e. The Morgan fingerprint density at radius 1 is 1.03 bits per heavy atom. The molecule has 2 aliphatic heterocycles. The van der Waals surface area contributed by atoms with Crippen LogP contribution < -0.4 is 0 Å². The Balaban J connectivity index is 1.52. The zero-order valence-corrected chi connectivity index (χ0v) is 19.4. The van der Waals surface area contributed by atoms with Gasteiger partial charge in [-0.05, 0) is 79.6 Å². The number of thioether (sulfide) groups is 2. The van der Waals surface area contributed by atoms with Gasteiger partial charge in [0, 0.05) is 18.3 Å². The van der Waals surface area contributed by atoms with E-state index in [0.29, 0.717) is 35.2 Å². The van der Waals surface area contributed by atoms with E-state index in [1.54, 1.807) is 0 Å². The summed E-state index contributed by atoms with van der Waals surface area (Å²) in [5, 5.41) is 22.2. The molecule has 2 N–H and O–H groups in total. The normalized spacial score (nSPS) is 53.0. The SMILES string of the molecule is C[C@]12CC[C@H]3[C@@H](C[C@@H](O)[C@@]4(CCC(=O)O4)[C@]3(C)CC3SCCCS3)[C@@H]1CC[C@@H]2O. The molecule has 5 aliphatic rings. The quantitative estimate of drug-likeness (QED) is 0.627. The molecule has 6 heteroatoms. The molecule has 0 unspecified atom stereocenters. The van der Waals surface area contributed by atoms with Crippen molar-refractivity contribution < 1.29 is 19.7 Å². The molecule has 0 radical (unpaired) electrons. The topological polar surface area (TPSA) is 66.8 Å². The summed E-state index contributed by atoms with van der Waals surface area (Å²) in [5.74, 6) is 3.66. The monoisotopic (exact) mass is 440 g/mol. The summed E-state index contributed by atoms with van der Waals surface area (Å²) in [7, 11) is 0. The van der Waals surface area contributed by atoms with Crippen molar-refractivity contribution in [1.82, 2.24) is 0 Å². The minimum absolute atomic E-state index is 0.00695. The average Bonchev–Trinajstić information content (AvgIpc) is 3.23. The van der Waals surface area contributed by atoms with E-state index in [0.717, 1.165) is 38.5 Å². The van der Waals surface area contributed by atoms with Crippen molar-refractivity contribution in [2.24, 2.45) is 28.6 Å². The van der Waals surface area contributed by atoms with Gasteiger partial charge < -0.3 is 14.9 Å². The van der Waals surface area contributed by atoms with Gasteiger partial charge in [0.2, 0.25) is 0 Å². The number of rotatable bonds is 2. The van der Waals surface area contributed by atoms with Crippen LogP contribution in [-0.2, 0) is 9.53 Å². The molecule has 0 aromatic heterocycles. The summed E-state index contributed by atoms with van der Waals surface area (Å²) >= 11 is 4.12. The van der Waals surface area contributed by atoms with Crippen molar-refractivity contribution >= 4 is 29.5 Å². The third-order valence-electron chi connectivity index (χ3n) is 9.69. The molecular formula is C23H36O4S2. The second-order valence-electron chi connectivity index (χ2n) is 10.8. The largest absolute Gasteiger partial charge is 0.456 e. The molecule has 8 atom stereocenters. The molecule has 29 heavy (non-hydrogen) atoms. The van der Waals surface area contributed by atoms with Crippen LogP contribution in [0.15, 0.2) is 0 Å². The van der Waals surface area contributed by atoms with Gasteiger partial charge in [0.1, 0.15) is 5.60 Å². The maximum absolute atomic E-state index is 12.3. The summed E-state index contributed by atoms with van der Waals surface area (Å²) < 4.78 is 6.64. The standard InChI is InChI=1S/C23H36O4S2/c1-21-8-6-16-14(15(21)4-5-17(21)24)12-18(25)23(9-7-19(26)27-23)22(16,2)13-20-28-10-3-11-29-20/h14-18,20,24-25H,3-13H2,1-2H3/t14-,15-,16-,17-,18+,21-,22+,23-/m0/s1. The highest BCUT2D eigenvalue weighted by Crippen LogP contribution is 2.68. The van der Waals surface area contributed by atoms with Gasteiger partial charge >= 0.3 is 5.97 Å². The van der Waals surface area contributed by atoms with Crippen LogP contribution in [0.1, 0.15) is 71.6 Å². The fourth-order valence-corrected chi connectivity index (χ4v) is 11.3. The first-order chi connectivity index (χ1) is 13.8. The number of aliphatic hydroxyl groups is 2. The second kappa shape index (κ2) is 7.31. The minimum Gasteiger partial charge on any atom is -0.456 e. The van der Waals surface area contributed by atoms with Crippen LogP contribution in [-0.4, -0.2) is 50.1 Å². The van der Waals surface area contributed by atoms with Gasteiger partial charge in [0.05, 0.1) is 16.8 Å². The maximum Gasteiger partial charge on any atom is 0.306 e. The Hall–Kier alpha value is 0.0900. The first-order valence-corrected chi connectivity index (χ1v) is 13.7. The second-order valence-corrected chi connectivity index (χ2v) is 13.7. The van der Waals surface area contributed by atoms with Gasteiger partial charge in [-0.15, -0.1) is 23.5 Å². The van der Waals surface area contributed by atoms with Crippen LogP contribution in [0.2, 0.25) is 0 Å². The fraction of sp³-hybridized carbons (Fsp3) is 0.957. The van der Waals surface area contributed by atoms with Crippen molar-refractivity contribution in [2.45, 2.75) is 94.0 Å². The number of hydrogen-bond acceptors (Lipinski definition) is 6. The van der Waals surface area contributed by atoms with Gasteiger partial charge in [0.15, 0.2) is 0 Å². The highest BCUT2D eigenvalue weighted by atomic mass is 32.2. The van der Waals surface area contributed by atoms with E-state index in [9.17, 15) is 15.0 Å². The summed E-state index contributed by atoms with van der Waals surface area (Å²) in [6, 6.07) is 0. The zero-order valence-electron chi connectivity index (χ0n) is 17.8. The minimum atomic E-state index is -0.714. The Labute approximate surface area is 183 Å². The number of fused-ring (bicyclic) bond motifs is 3. The molecule has 4 nitrogen and oxygen atoms in total. The molecule has 2 heterocycles. The maximum atomic E-state index is 12.3. The molecule has 0 amide bonds. The first-order valence-electron chi connectivity index (χ1n) is 11.6. The van der Waals surface area contributed by atoms with Crippen LogP contribution in [0.5, 0.6) is 0 Å². The molecule has 2 saturated heterocycles. The number of carbonyl (C=O) groups excluding carboxylic acids is 1. The molecule has 0 aromatic rings. The molecule has 3 saturated carbocycles. The molecule has 0 bridgehead atoms. The summed E-state index contributed by atoms with van der Waals surface area (Å²) in [5.41, 5.74) is -0.917. The highest BCUT2D eigenvalue weighted by Gasteiger charge is 2.69. The lowest BCUT2D eigenvalue weighted by molar-refractivity contribution is -0.240. The molecule has 164 valence electrons. The number of hydrogen-bond donors (Lipinski definition) is 2. The van der Waals surface area contributed by atoms with E-state index < -0.39 is 11.7 Å². The van der Waals surface area contributed by atoms with Crippen LogP contribution in [0.25, 0.3) is 0 Å². The number of esters is 1. The number of ether oxygens (including phenoxy) is 1. The lowest BCUT2D eigenvalue weighted by atomic mass is 9.44. The van der Waals surface area contributed by atoms with E-state index in [1.807, 2.05) is 0 Å². The average molecular weight is 441 g/mol. The Morgan fingerprint density at radius 2 is 1.79 bits per heavy atom. The first kappa shape index (κ1) is 21.0. The van der Waals surface area contributed by atoms with Crippen LogP contribution in [0.3, 0.4) is 0 Å². The zero-order chi connectivity index (χ0) is 20.4. The third kappa shape index (κ3) is 2.98. The van der Waals surface area contributed by atoms with E-state index in [2.05, 4.69) is 37.4 Å². The van der Waals surface area contributed by atoms with E-state index in [-0.39, 0.29) is 22.9 Å². The Bertz CT molecular complexity index is 667. The molecule has 3 aliphatic carbocycles. The van der Waals surface area contributed by atoms with Crippen LogP contribution in [0.4, 0.5) is 0 Å². The van der Waals surface area contributed by atoms with Gasteiger partial charge in [0.25, 0.3) is 0 Å². The lowest BCUT2D eigenvalue weighted by Crippen LogP contribution is -2.66. The lowest BCUT2D eigenvalue weighted by Gasteiger charge is -2.63. The van der Waals surface area contributed by atoms with E-state index in [4.69, 9.17) is 4.74 Å². The van der Waals surface area contributed by atoms with Crippen LogP contribution in [0, 0.1) is 28.6 Å².